The van der Waals surface area contributed by atoms with Crippen LogP contribution in [0.4, 0.5) is 10.1 Å². The summed E-state index contributed by atoms with van der Waals surface area (Å²) in [6, 6.07) is 12.7. The van der Waals surface area contributed by atoms with Crippen molar-refractivity contribution < 1.29 is 13.4 Å². The molecule has 0 aliphatic rings. The van der Waals surface area contributed by atoms with E-state index < -0.39 is 0 Å². The van der Waals surface area contributed by atoms with Gasteiger partial charge in [0.15, 0.2) is 6.20 Å². The first-order chi connectivity index (χ1) is 11.6. The molecule has 4 heteroatoms. The Bertz CT molecular complexity index is 1150. The molecule has 0 saturated carbocycles. The highest BCUT2D eigenvalue weighted by Crippen LogP contribution is 2.41. The maximum absolute atomic E-state index is 14.5. The van der Waals surface area contributed by atoms with Gasteiger partial charge in [-0.2, -0.15) is 0 Å². The standard InChI is InChI=1S/C20H14FN2O/c1-12-14(21)11-17-19(18(12)16-9-4-5-10-23(16)3)13-7-6-8-15(22-2)20(13)24-17/h4-11H,1,3H3/q+1. The van der Waals surface area contributed by atoms with Crippen LogP contribution in [0.1, 0.15) is 5.56 Å². The van der Waals surface area contributed by atoms with Crippen LogP contribution in [0.5, 0.6) is 0 Å². The van der Waals surface area contributed by atoms with Crippen LogP contribution in [0, 0.1) is 19.3 Å². The van der Waals surface area contributed by atoms with Gasteiger partial charge in [-0.05, 0) is 18.6 Å². The van der Waals surface area contributed by atoms with Crippen LogP contribution < -0.4 is 4.57 Å². The van der Waals surface area contributed by atoms with Crippen molar-refractivity contribution in [3.05, 3.63) is 71.5 Å². The number of pyridine rings is 1. The molecular formula is C20H14FN2O+. The van der Waals surface area contributed by atoms with E-state index in [1.54, 1.807) is 13.0 Å². The van der Waals surface area contributed by atoms with Crippen LogP contribution >= 0.6 is 0 Å². The Morgan fingerprint density at radius 2 is 2.00 bits per heavy atom. The Balaban J connectivity index is 2.26. The van der Waals surface area contributed by atoms with Crippen LogP contribution in [0.25, 0.3) is 38.0 Å². The Morgan fingerprint density at radius 1 is 1.17 bits per heavy atom. The predicted molar refractivity (Wildman–Crippen MR) is 91.3 cm³/mol. The maximum Gasteiger partial charge on any atom is 0.229 e. The van der Waals surface area contributed by atoms with E-state index in [0.29, 0.717) is 22.4 Å². The molecule has 0 amide bonds. The Hall–Kier alpha value is -3.19. The molecule has 0 aliphatic heterocycles. The molecular weight excluding hydrogens is 303 g/mol. The van der Waals surface area contributed by atoms with Crippen LogP contribution in [0.2, 0.25) is 0 Å². The lowest BCUT2D eigenvalue weighted by molar-refractivity contribution is -0.660. The van der Waals surface area contributed by atoms with Gasteiger partial charge in [-0.15, -0.1) is 0 Å². The Kier molecular flexibility index (Phi) is 3.10. The smallest absolute Gasteiger partial charge is 0.229 e. The van der Waals surface area contributed by atoms with Crippen molar-refractivity contribution in [3.63, 3.8) is 0 Å². The zero-order valence-electron chi connectivity index (χ0n) is 13.3. The zero-order valence-corrected chi connectivity index (χ0v) is 13.3. The Morgan fingerprint density at radius 3 is 2.75 bits per heavy atom. The Labute approximate surface area is 138 Å². The summed E-state index contributed by atoms with van der Waals surface area (Å²) in [5.41, 5.74) is 3.67. The first-order valence-electron chi connectivity index (χ1n) is 7.58. The van der Waals surface area contributed by atoms with E-state index in [2.05, 4.69) is 4.85 Å². The number of aryl methyl sites for hydroxylation is 1. The summed E-state index contributed by atoms with van der Waals surface area (Å²) in [5, 5.41) is 1.68. The topological polar surface area (TPSA) is 21.4 Å². The summed E-state index contributed by atoms with van der Waals surface area (Å²) in [5.74, 6) is -0.315. The van der Waals surface area contributed by atoms with Gasteiger partial charge in [-0.1, -0.05) is 18.2 Å². The van der Waals surface area contributed by atoms with Gasteiger partial charge in [0.25, 0.3) is 0 Å². The molecule has 116 valence electrons. The van der Waals surface area contributed by atoms with Gasteiger partial charge in [0.1, 0.15) is 24.0 Å². The SMILES string of the molecule is [C-]#[N+]c1cccc2c1oc1cc(F)c(C)c(-c3cccc[n+]3C)c12. The van der Waals surface area contributed by atoms with E-state index >= 15 is 0 Å². The van der Waals surface area contributed by atoms with Gasteiger partial charge < -0.3 is 4.42 Å². The number of nitrogens with zero attached hydrogens (tertiary/aromatic N) is 2. The third-order valence-electron chi connectivity index (χ3n) is 4.39. The third kappa shape index (κ3) is 1.92. The van der Waals surface area contributed by atoms with E-state index in [1.165, 1.54) is 6.07 Å². The number of fused-ring (bicyclic) bond motifs is 3. The largest absolute Gasteiger partial charge is 0.467 e. The lowest BCUT2D eigenvalue weighted by Crippen LogP contribution is -2.30. The van der Waals surface area contributed by atoms with Crippen LogP contribution in [-0.4, -0.2) is 0 Å². The minimum atomic E-state index is -0.315. The van der Waals surface area contributed by atoms with Crippen LogP contribution in [0.3, 0.4) is 0 Å². The van der Waals surface area contributed by atoms with Gasteiger partial charge in [0.05, 0.1) is 12.1 Å². The normalized spacial score (nSPS) is 11.1. The number of rotatable bonds is 1. The first-order valence-corrected chi connectivity index (χ1v) is 7.58. The molecule has 3 nitrogen and oxygen atoms in total. The molecule has 0 atom stereocenters. The van der Waals surface area contributed by atoms with Crippen molar-refractivity contribution in [1.29, 1.82) is 0 Å². The van der Waals surface area contributed by atoms with E-state index in [4.69, 9.17) is 11.0 Å². The van der Waals surface area contributed by atoms with Crippen molar-refractivity contribution >= 4 is 27.6 Å². The fraction of sp³-hybridized carbons (Fsp3) is 0.100. The highest BCUT2D eigenvalue weighted by atomic mass is 19.1. The first kappa shape index (κ1) is 14.4. The monoisotopic (exact) mass is 317 g/mol. The molecule has 0 N–H and O–H groups in total. The number of aromatic nitrogens is 1. The molecule has 4 rings (SSSR count). The number of benzene rings is 2. The maximum atomic E-state index is 14.5. The highest BCUT2D eigenvalue weighted by molar-refractivity contribution is 6.15. The van der Waals surface area contributed by atoms with Gasteiger partial charge >= 0.3 is 0 Å². The molecule has 24 heavy (non-hydrogen) atoms. The number of hydrogen-bond donors (Lipinski definition) is 0. The molecule has 0 unspecified atom stereocenters. The molecule has 2 heterocycles. The molecule has 0 spiro atoms. The molecule has 0 saturated heterocycles. The predicted octanol–water partition coefficient (Wildman–Crippen LogP) is 5.08. The van der Waals surface area contributed by atoms with Crippen molar-refractivity contribution in [2.24, 2.45) is 7.05 Å². The summed E-state index contributed by atoms with van der Waals surface area (Å²) in [4.78, 5) is 3.52. The number of para-hydroxylation sites is 1. The molecule has 2 aromatic heterocycles. The fourth-order valence-corrected chi connectivity index (χ4v) is 3.20. The van der Waals surface area contributed by atoms with Crippen molar-refractivity contribution in [2.75, 3.05) is 0 Å². The molecule has 2 aromatic carbocycles. The molecule has 0 fully saturated rings. The minimum Gasteiger partial charge on any atom is -0.467 e. The van der Waals surface area contributed by atoms with Crippen LogP contribution in [0.15, 0.2) is 53.1 Å². The van der Waals surface area contributed by atoms with Crippen molar-refractivity contribution in [1.82, 2.24) is 0 Å². The summed E-state index contributed by atoms with van der Waals surface area (Å²) < 4.78 is 22.3. The summed E-state index contributed by atoms with van der Waals surface area (Å²) in [7, 11) is 1.93. The van der Waals surface area contributed by atoms with Gasteiger partial charge in [-0.25, -0.2) is 13.8 Å². The third-order valence-corrected chi connectivity index (χ3v) is 4.39. The number of halogens is 1. The second kappa shape index (κ2) is 5.17. The summed E-state index contributed by atoms with van der Waals surface area (Å²) in [6.07, 6.45) is 1.93. The lowest BCUT2D eigenvalue weighted by Gasteiger charge is -2.07. The fourth-order valence-electron chi connectivity index (χ4n) is 3.20. The van der Waals surface area contributed by atoms with E-state index in [9.17, 15) is 4.39 Å². The zero-order chi connectivity index (χ0) is 16.8. The number of hydrogen-bond acceptors (Lipinski definition) is 1. The van der Waals surface area contributed by atoms with E-state index in [1.807, 2.05) is 48.1 Å². The minimum absolute atomic E-state index is 0.315. The summed E-state index contributed by atoms with van der Waals surface area (Å²) in [6.45, 7) is 9.09. The average Bonchev–Trinajstić information content (AvgIpc) is 2.95. The second-order valence-electron chi connectivity index (χ2n) is 5.80. The van der Waals surface area contributed by atoms with E-state index in [0.717, 1.165) is 22.0 Å². The van der Waals surface area contributed by atoms with E-state index in [-0.39, 0.29) is 5.82 Å². The van der Waals surface area contributed by atoms with Gasteiger partial charge in [0, 0.05) is 29.0 Å². The van der Waals surface area contributed by atoms with Crippen LogP contribution in [-0.2, 0) is 7.05 Å². The average molecular weight is 317 g/mol. The van der Waals surface area contributed by atoms with Gasteiger partial charge in [-0.3, -0.25) is 0 Å². The van der Waals surface area contributed by atoms with Crippen molar-refractivity contribution in [2.45, 2.75) is 6.92 Å². The summed E-state index contributed by atoms with van der Waals surface area (Å²) >= 11 is 0. The molecule has 4 aromatic rings. The molecule has 0 aliphatic carbocycles. The second-order valence-corrected chi connectivity index (χ2v) is 5.80. The van der Waals surface area contributed by atoms with Gasteiger partial charge in [0.2, 0.25) is 11.4 Å². The molecule has 0 radical (unpaired) electrons. The molecule has 0 bridgehead atoms. The van der Waals surface area contributed by atoms with Crippen molar-refractivity contribution in [3.8, 4) is 11.3 Å². The quantitative estimate of drug-likeness (QED) is 0.354. The highest BCUT2D eigenvalue weighted by Gasteiger charge is 2.23. The number of furan rings is 1. The lowest BCUT2D eigenvalue weighted by atomic mass is 9.97.